The Balaban J connectivity index is 1.67. The Morgan fingerprint density at radius 2 is 2.16 bits per heavy atom. The Labute approximate surface area is 115 Å². The van der Waals surface area contributed by atoms with Crippen molar-refractivity contribution in [2.75, 3.05) is 32.8 Å². The van der Waals surface area contributed by atoms with Gasteiger partial charge in [-0.15, -0.1) is 0 Å². The second kappa shape index (κ2) is 7.82. The van der Waals surface area contributed by atoms with Crippen molar-refractivity contribution in [1.82, 2.24) is 10.2 Å². The molecule has 1 saturated heterocycles. The number of amides is 1. The highest BCUT2D eigenvalue weighted by atomic mass is 16.5. The fourth-order valence-electron chi connectivity index (χ4n) is 2.69. The number of hydrogen-bond donors (Lipinski definition) is 2. The quantitative estimate of drug-likeness (QED) is 0.675. The molecule has 5 heteroatoms. The molecule has 0 aromatic rings. The highest BCUT2D eigenvalue weighted by Gasteiger charge is 2.26. The van der Waals surface area contributed by atoms with Crippen molar-refractivity contribution in [2.24, 2.45) is 0 Å². The average molecular weight is 270 g/mol. The zero-order valence-electron chi connectivity index (χ0n) is 11.6. The molecule has 2 aliphatic rings. The van der Waals surface area contributed by atoms with Crippen LogP contribution in [0.3, 0.4) is 0 Å². The highest BCUT2D eigenvalue weighted by Crippen LogP contribution is 2.24. The van der Waals surface area contributed by atoms with Crippen molar-refractivity contribution >= 4 is 5.91 Å². The van der Waals surface area contributed by atoms with Gasteiger partial charge in [-0.1, -0.05) is 6.42 Å². The predicted molar refractivity (Wildman–Crippen MR) is 72.9 cm³/mol. The van der Waals surface area contributed by atoms with Gasteiger partial charge in [0.05, 0.1) is 12.6 Å². The zero-order valence-corrected chi connectivity index (χ0v) is 11.6. The maximum absolute atomic E-state index is 11.9. The van der Waals surface area contributed by atoms with E-state index in [1.54, 1.807) is 0 Å². The van der Waals surface area contributed by atoms with Gasteiger partial charge in [0, 0.05) is 32.3 Å². The highest BCUT2D eigenvalue weighted by molar-refractivity contribution is 5.78. The fourth-order valence-corrected chi connectivity index (χ4v) is 2.69. The second-order valence-electron chi connectivity index (χ2n) is 5.57. The molecule has 2 N–H and O–H groups in total. The molecule has 2 fully saturated rings. The van der Waals surface area contributed by atoms with E-state index in [1.807, 2.05) is 0 Å². The zero-order chi connectivity index (χ0) is 13.5. The molecule has 2 rings (SSSR count). The van der Waals surface area contributed by atoms with Crippen LogP contribution in [0, 0.1) is 0 Å². The van der Waals surface area contributed by atoms with Crippen LogP contribution in [0.5, 0.6) is 0 Å². The minimum absolute atomic E-state index is 0.0836. The Morgan fingerprint density at radius 1 is 1.32 bits per heavy atom. The Bertz CT molecular complexity index is 276. The molecular formula is C14H26N2O3. The van der Waals surface area contributed by atoms with Crippen molar-refractivity contribution in [1.29, 1.82) is 0 Å². The number of aliphatic hydroxyl groups excluding tert-OH is 1. The van der Waals surface area contributed by atoms with Gasteiger partial charge in [-0.3, -0.25) is 9.69 Å². The van der Waals surface area contributed by atoms with E-state index in [2.05, 4.69) is 10.2 Å². The number of aliphatic hydroxyl groups is 1. The number of rotatable bonds is 8. The van der Waals surface area contributed by atoms with Crippen LogP contribution in [0.25, 0.3) is 0 Å². The lowest BCUT2D eigenvalue weighted by Crippen LogP contribution is -2.47. The number of carbonyl (C=O) groups is 1. The molecule has 0 spiro atoms. The SMILES string of the molecule is O=C(CN(CCCO)C1CCC1)NCC1CCCO1. The summed E-state index contributed by atoms with van der Waals surface area (Å²) in [6, 6.07) is 0.542. The predicted octanol–water partition coefficient (Wildman–Crippen LogP) is 0.519. The summed E-state index contributed by atoms with van der Waals surface area (Å²) in [7, 11) is 0. The Hall–Kier alpha value is -0.650. The van der Waals surface area contributed by atoms with Crippen molar-refractivity contribution < 1.29 is 14.6 Å². The summed E-state index contributed by atoms with van der Waals surface area (Å²) in [5, 5.41) is 11.9. The summed E-state index contributed by atoms with van der Waals surface area (Å²) in [5.41, 5.74) is 0. The van der Waals surface area contributed by atoms with Gasteiger partial charge in [0.25, 0.3) is 0 Å². The molecule has 19 heavy (non-hydrogen) atoms. The molecule has 0 aromatic heterocycles. The third kappa shape index (κ3) is 4.75. The summed E-state index contributed by atoms with van der Waals surface area (Å²) < 4.78 is 5.49. The first-order valence-electron chi connectivity index (χ1n) is 7.53. The third-order valence-corrected chi connectivity index (χ3v) is 4.09. The molecule has 0 radical (unpaired) electrons. The van der Waals surface area contributed by atoms with Crippen LogP contribution in [0.4, 0.5) is 0 Å². The van der Waals surface area contributed by atoms with Gasteiger partial charge < -0.3 is 15.2 Å². The van der Waals surface area contributed by atoms with Crippen molar-refractivity contribution in [3.8, 4) is 0 Å². The molecule has 1 saturated carbocycles. The number of nitrogens with one attached hydrogen (secondary N) is 1. The molecule has 1 aliphatic heterocycles. The molecule has 1 heterocycles. The van der Waals surface area contributed by atoms with E-state index in [0.717, 1.165) is 32.4 Å². The van der Waals surface area contributed by atoms with Crippen LogP contribution in [-0.4, -0.2) is 60.9 Å². The fraction of sp³-hybridized carbons (Fsp3) is 0.929. The Kier molecular flexibility index (Phi) is 6.07. The summed E-state index contributed by atoms with van der Waals surface area (Å²) in [4.78, 5) is 14.2. The average Bonchev–Trinajstić information content (AvgIpc) is 2.84. The van der Waals surface area contributed by atoms with E-state index >= 15 is 0 Å². The minimum atomic E-state index is 0.0836. The van der Waals surface area contributed by atoms with E-state index in [-0.39, 0.29) is 18.6 Å². The normalized spacial score (nSPS) is 23.6. The lowest BCUT2D eigenvalue weighted by Gasteiger charge is -2.37. The standard InChI is InChI=1S/C14H26N2O3/c17-8-3-7-16(12-4-1-5-12)11-14(18)15-10-13-6-2-9-19-13/h12-13,17H,1-11H2,(H,15,18). The number of carbonyl (C=O) groups excluding carboxylic acids is 1. The molecule has 1 aliphatic carbocycles. The topological polar surface area (TPSA) is 61.8 Å². The van der Waals surface area contributed by atoms with Crippen molar-refractivity contribution in [3.05, 3.63) is 0 Å². The first-order valence-corrected chi connectivity index (χ1v) is 7.53. The number of nitrogens with zero attached hydrogens (tertiary/aromatic N) is 1. The van der Waals surface area contributed by atoms with Crippen LogP contribution in [-0.2, 0) is 9.53 Å². The summed E-state index contributed by atoms with van der Waals surface area (Å²) in [5.74, 6) is 0.0836. The molecule has 0 bridgehead atoms. The monoisotopic (exact) mass is 270 g/mol. The smallest absolute Gasteiger partial charge is 0.234 e. The largest absolute Gasteiger partial charge is 0.396 e. The lowest BCUT2D eigenvalue weighted by molar-refractivity contribution is -0.123. The van der Waals surface area contributed by atoms with E-state index in [9.17, 15) is 4.79 Å². The van der Waals surface area contributed by atoms with Crippen LogP contribution >= 0.6 is 0 Å². The van der Waals surface area contributed by atoms with Gasteiger partial charge in [-0.2, -0.15) is 0 Å². The van der Waals surface area contributed by atoms with Crippen molar-refractivity contribution in [3.63, 3.8) is 0 Å². The van der Waals surface area contributed by atoms with E-state index < -0.39 is 0 Å². The molecule has 0 aromatic carbocycles. The number of hydrogen-bond acceptors (Lipinski definition) is 4. The summed E-state index contributed by atoms with van der Waals surface area (Å²) >= 11 is 0. The van der Waals surface area contributed by atoms with Crippen LogP contribution in [0.2, 0.25) is 0 Å². The first-order chi connectivity index (χ1) is 9.29. The summed E-state index contributed by atoms with van der Waals surface area (Å²) in [6.07, 6.45) is 6.74. The van der Waals surface area contributed by atoms with Crippen LogP contribution in [0.1, 0.15) is 38.5 Å². The van der Waals surface area contributed by atoms with Crippen molar-refractivity contribution in [2.45, 2.75) is 50.7 Å². The molecule has 110 valence electrons. The lowest BCUT2D eigenvalue weighted by atomic mass is 9.91. The molecule has 5 nitrogen and oxygen atoms in total. The van der Waals surface area contributed by atoms with Gasteiger partial charge >= 0.3 is 0 Å². The minimum Gasteiger partial charge on any atom is -0.396 e. The van der Waals surface area contributed by atoms with E-state index in [0.29, 0.717) is 19.1 Å². The summed E-state index contributed by atoms with van der Waals surface area (Å²) in [6.45, 7) is 2.93. The van der Waals surface area contributed by atoms with Gasteiger partial charge in [0.2, 0.25) is 5.91 Å². The number of ether oxygens (including phenoxy) is 1. The first kappa shape index (κ1) is 14.8. The third-order valence-electron chi connectivity index (χ3n) is 4.09. The molecular weight excluding hydrogens is 244 g/mol. The second-order valence-corrected chi connectivity index (χ2v) is 5.57. The molecule has 1 unspecified atom stereocenters. The van der Waals surface area contributed by atoms with Gasteiger partial charge in [0.1, 0.15) is 0 Å². The van der Waals surface area contributed by atoms with E-state index in [4.69, 9.17) is 9.84 Å². The van der Waals surface area contributed by atoms with E-state index in [1.165, 1.54) is 19.3 Å². The maximum Gasteiger partial charge on any atom is 0.234 e. The molecule has 1 atom stereocenters. The van der Waals surface area contributed by atoms with Crippen LogP contribution < -0.4 is 5.32 Å². The van der Waals surface area contributed by atoms with Crippen LogP contribution in [0.15, 0.2) is 0 Å². The Morgan fingerprint density at radius 3 is 2.74 bits per heavy atom. The van der Waals surface area contributed by atoms with Gasteiger partial charge in [-0.05, 0) is 32.1 Å². The maximum atomic E-state index is 11.9. The van der Waals surface area contributed by atoms with Gasteiger partial charge in [-0.25, -0.2) is 0 Å². The molecule has 1 amide bonds. The van der Waals surface area contributed by atoms with Gasteiger partial charge in [0.15, 0.2) is 0 Å².